The van der Waals surface area contributed by atoms with Gasteiger partial charge in [-0.05, 0) is 140 Å². The van der Waals surface area contributed by atoms with Crippen LogP contribution < -0.4 is 20.5 Å². The number of ether oxygens (including phenoxy) is 2. The van der Waals surface area contributed by atoms with Crippen LogP contribution in [0.5, 0.6) is 17.2 Å². The summed E-state index contributed by atoms with van der Waals surface area (Å²) in [6.07, 6.45) is 29.4. The molecule has 410 valence electrons. The summed E-state index contributed by atoms with van der Waals surface area (Å²) in [6, 6.07) is 5.93. The summed E-state index contributed by atoms with van der Waals surface area (Å²) in [4.78, 5) is 18.1. The molecule has 5 fully saturated rings. The van der Waals surface area contributed by atoms with Gasteiger partial charge in [0.05, 0.1) is 35.2 Å². The number of allylic oxidation sites excluding steroid dienone is 1. The average Bonchev–Trinajstić information content (AvgIpc) is 3.72. The smallest absolute Gasteiger partial charge is 0.191 e. The number of carbonyl (C=O) groups is 1. The molecule has 0 amide bonds. The second kappa shape index (κ2) is 19.1. The van der Waals surface area contributed by atoms with Gasteiger partial charge in [-0.2, -0.15) is 0 Å². The van der Waals surface area contributed by atoms with E-state index in [0.29, 0.717) is 53.0 Å². The number of phenols is 1. The van der Waals surface area contributed by atoms with Crippen LogP contribution in [0.15, 0.2) is 48.4 Å². The number of rotatable bonds is 6. The third kappa shape index (κ3) is 7.99. The Morgan fingerprint density at radius 3 is 2.65 bits per heavy atom. The molecule has 8 N–H and O–H groups in total. The van der Waals surface area contributed by atoms with Gasteiger partial charge in [-0.15, -0.1) is 0 Å². The van der Waals surface area contributed by atoms with Crippen LogP contribution in [0.2, 0.25) is 0 Å². The minimum absolute atomic E-state index is 0.00428. The number of H-pyrrole nitrogens is 1. The lowest BCUT2D eigenvalue weighted by Gasteiger charge is -2.56. The first-order valence-corrected chi connectivity index (χ1v) is 32.5. The maximum absolute atomic E-state index is 14.3. The number of aliphatic hydroxyl groups is 3. The molecule has 13 atom stereocenters. The summed E-state index contributed by atoms with van der Waals surface area (Å²) < 4.78 is 16.3. The fraction of sp³-hybridized carbons (Fsp3) is 0.615. The number of fused-ring (bicyclic) bond motifs is 4. The third-order valence-electron chi connectivity index (χ3n) is 22.6. The van der Waals surface area contributed by atoms with Gasteiger partial charge in [0.15, 0.2) is 17.7 Å². The quantitative estimate of drug-likeness (QED) is 0.0556. The summed E-state index contributed by atoms with van der Waals surface area (Å²) in [5, 5.41) is 53.6. The van der Waals surface area contributed by atoms with Crippen molar-refractivity contribution in [1.82, 2.24) is 14.9 Å². The zero-order chi connectivity index (χ0) is 52.7. The van der Waals surface area contributed by atoms with Crippen molar-refractivity contribution >= 4 is 38.3 Å². The molecule has 0 unspecified atom stereocenters. The highest BCUT2D eigenvalue weighted by atomic mass is 33.1. The molecular weight excluding hydrogens is 1010 g/mol. The molecule has 2 aromatic carbocycles. The van der Waals surface area contributed by atoms with Crippen LogP contribution in [0.3, 0.4) is 0 Å². The Hall–Kier alpha value is -4.31. The van der Waals surface area contributed by atoms with Crippen molar-refractivity contribution in [2.75, 3.05) is 12.3 Å². The fourth-order valence-electron chi connectivity index (χ4n) is 19.1. The van der Waals surface area contributed by atoms with Crippen LogP contribution in [0.1, 0.15) is 198 Å². The van der Waals surface area contributed by atoms with Crippen molar-refractivity contribution in [3.8, 4) is 41.1 Å². The summed E-state index contributed by atoms with van der Waals surface area (Å²) >= 11 is 0. The minimum atomic E-state index is -1.09. The Morgan fingerprint density at radius 1 is 0.949 bits per heavy atom. The van der Waals surface area contributed by atoms with Gasteiger partial charge in [0.25, 0.3) is 0 Å². The number of aromatic nitrogens is 2. The molecule has 7 aliphatic carbocycles. The first-order valence-electron chi connectivity index (χ1n) is 30.0. The zero-order valence-electron chi connectivity index (χ0n) is 44.9. The van der Waals surface area contributed by atoms with E-state index < -0.39 is 41.8 Å². The molecule has 10 bridgehead atoms. The fourth-order valence-corrected chi connectivity index (χ4v) is 21.8. The van der Waals surface area contributed by atoms with E-state index in [1.54, 1.807) is 16.9 Å². The van der Waals surface area contributed by atoms with E-state index in [-0.39, 0.29) is 53.7 Å². The van der Waals surface area contributed by atoms with Crippen LogP contribution in [-0.4, -0.2) is 60.3 Å². The normalized spacial score (nSPS) is 35.7. The van der Waals surface area contributed by atoms with Gasteiger partial charge in [0.1, 0.15) is 23.7 Å². The molecule has 13 heteroatoms. The third-order valence-corrected chi connectivity index (χ3v) is 25.0. The number of benzene rings is 2. The summed E-state index contributed by atoms with van der Waals surface area (Å²) in [7, 11) is 3.59. The van der Waals surface area contributed by atoms with Crippen LogP contribution >= 0.6 is 21.6 Å². The van der Waals surface area contributed by atoms with Crippen LogP contribution in [-0.2, 0) is 22.4 Å². The lowest BCUT2D eigenvalue weighted by atomic mass is 9.50. The highest BCUT2D eigenvalue weighted by Gasteiger charge is 2.62. The highest BCUT2D eigenvalue weighted by Crippen LogP contribution is 2.71. The van der Waals surface area contributed by atoms with E-state index >= 15 is 0 Å². The van der Waals surface area contributed by atoms with Crippen molar-refractivity contribution < 1.29 is 34.7 Å². The largest absolute Gasteiger partial charge is 0.508 e. The molecule has 0 saturated heterocycles. The number of nitrogens with two attached hydrogens (primary N) is 1. The number of Topliss-reactive ketones (excluding diaryl/α,β-unsaturated/α-hetero) is 1. The Bertz CT molecular complexity index is 3250. The average molecular weight is 1090 g/mol. The number of phenolic OH excluding ortho intramolecular Hbond substituents is 1. The number of carbonyl (C=O) groups excluding carboxylic acids is 1. The summed E-state index contributed by atoms with van der Waals surface area (Å²) in [5.41, 5.74) is 15.9. The molecule has 13 aliphatic rings. The first-order chi connectivity index (χ1) is 37.9. The van der Waals surface area contributed by atoms with Crippen molar-refractivity contribution in [2.45, 2.75) is 189 Å². The molecule has 2 aromatic heterocycles. The summed E-state index contributed by atoms with van der Waals surface area (Å²) in [6.45, 7) is 0.713. The van der Waals surface area contributed by atoms with Crippen LogP contribution in [0.25, 0.3) is 10.9 Å². The lowest BCUT2D eigenvalue weighted by molar-refractivity contribution is -0.122. The van der Waals surface area contributed by atoms with E-state index in [9.17, 15) is 25.2 Å². The topological polar surface area (TPSA) is 175 Å². The van der Waals surface area contributed by atoms with E-state index in [1.807, 2.05) is 10.8 Å². The number of aliphatic hydroxyl groups excluding tert-OH is 3. The lowest BCUT2D eigenvalue weighted by Crippen LogP contribution is -2.56. The van der Waals surface area contributed by atoms with Crippen LogP contribution in [0.4, 0.5) is 0 Å². The maximum Gasteiger partial charge on any atom is 0.191 e. The molecule has 5 saturated carbocycles. The Labute approximate surface area is 466 Å². The minimum Gasteiger partial charge on any atom is -0.508 e. The molecule has 4 spiro atoms. The van der Waals surface area contributed by atoms with Crippen LogP contribution in [0, 0.1) is 69.7 Å². The monoisotopic (exact) mass is 1090 g/mol. The van der Waals surface area contributed by atoms with E-state index in [2.05, 4.69) is 75.5 Å². The number of ketones is 1. The second-order valence-corrected chi connectivity index (χ2v) is 29.1. The van der Waals surface area contributed by atoms with Crippen molar-refractivity contribution in [3.63, 3.8) is 0 Å². The van der Waals surface area contributed by atoms with Crippen molar-refractivity contribution in [3.05, 3.63) is 87.4 Å². The maximum atomic E-state index is 14.3. The van der Waals surface area contributed by atoms with Crippen molar-refractivity contribution in [2.24, 2.45) is 51.6 Å². The predicted octanol–water partition coefficient (Wildman–Crippen LogP) is 11.6. The van der Waals surface area contributed by atoms with E-state index in [0.717, 1.165) is 90.6 Å². The SMILES string of the molecule is N[C@@H]1NC[C@@]23CSSCc4c(CCC(=O)C[C@H](O)[C@H]5C=C6CC[C@H]7CCCC[C@@H]7[C@H]6C[C@H]5O)c(O)cc5c4O[C@@H]4[C@H](C#C[C@@H](O)c6ccc1c2c6[C@H](c1c[nH]c2cn4cc12)[C@]1(CCC2(CCCC2)C1)C3)C1(C#CO5)CCCC1. The molecular formula is C65H76N4O7S2. The number of hydrogen-bond donors (Lipinski definition) is 7. The number of hydrogen-bond acceptors (Lipinski definition) is 11. The molecule has 78 heavy (non-hydrogen) atoms. The van der Waals surface area contributed by atoms with Gasteiger partial charge in [-0.1, -0.05) is 108 Å². The van der Waals surface area contributed by atoms with Gasteiger partial charge >= 0.3 is 0 Å². The number of aromatic amines is 1. The molecule has 6 aliphatic heterocycles. The Morgan fingerprint density at radius 2 is 1.78 bits per heavy atom. The molecule has 17 rings (SSSR count). The number of nitrogens with zero attached hydrogens (tertiary/aromatic N) is 1. The van der Waals surface area contributed by atoms with Gasteiger partial charge in [0, 0.05) is 89.3 Å². The second-order valence-electron chi connectivity index (χ2n) is 26.7. The highest BCUT2D eigenvalue weighted by molar-refractivity contribution is 8.76. The number of nitrogens with one attached hydrogen (secondary N) is 2. The van der Waals surface area contributed by atoms with Gasteiger partial charge < -0.3 is 45.2 Å². The molecule has 4 aromatic rings. The van der Waals surface area contributed by atoms with Crippen molar-refractivity contribution in [1.29, 1.82) is 0 Å². The van der Waals surface area contributed by atoms with E-state index in [1.165, 1.54) is 86.5 Å². The molecule has 8 heterocycles. The Balaban J connectivity index is 0.852. The summed E-state index contributed by atoms with van der Waals surface area (Å²) in [5.74, 6) is 13.6. The van der Waals surface area contributed by atoms with Gasteiger partial charge in [-0.3, -0.25) is 10.1 Å². The Kier molecular flexibility index (Phi) is 12.4. The first kappa shape index (κ1) is 50.6. The predicted molar refractivity (Wildman–Crippen MR) is 304 cm³/mol. The van der Waals surface area contributed by atoms with Gasteiger partial charge in [-0.25, -0.2) is 0 Å². The number of aromatic hydroxyl groups is 1. The zero-order valence-corrected chi connectivity index (χ0v) is 46.6. The van der Waals surface area contributed by atoms with Gasteiger partial charge in [0.2, 0.25) is 0 Å². The molecule has 0 radical (unpaired) electrons. The van der Waals surface area contributed by atoms with E-state index in [4.69, 9.17) is 15.2 Å². The standard InChI is InChI=1S/C65H76N4O7S2/c66-60-43-14-13-42-51(71)16-15-49-61-69-30-47-46(29-67-50(47)31-69)58-56(42)57(43)65(35-68-60,34-64(58)22-21-62(33-64)17-3-4-18-62)36-78-77-32-48-41(54(74)28-55(59(48)76-61)75-24-23-63(49)19-5-6-20-63)12-11-39(70)26-52(72)45-25-38-10-9-37-7-1-2-8-40(37)44(38)27-53(45)73/h13-14,25,28-31,37,40,44-45,49,51-53,58,60-61,67-68,71-74H,1-12,17-22,26-27,32-36,66H2/t37-,40+,44+,45-,49+,51-,52+,53-,58+,60-,61-,64+,65+/m1/s1. The molecule has 11 nitrogen and oxygen atoms in total.